The number of hydrogen-bond donors (Lipinski definition) is 1. The third-order valence-electron chi connectivity index (χ3n) is 7.56. The van der Waals surface area contributed by atoms with Crippen molar-refractivity contribution < 1.29 is 19.0 Å². The number of allylic oxidation sites excluding steroid dienone is 2. The van der Waals surface area contributed by atoms with Crippen LogP contribution in [0.5, 0.6) is 17.2 Å². The van der Waals surface area contributed by atoms with Crippen molar-refractivity contribution in [1.29, 1.82) is 0 Å². The molecule has 1 aliphatic rings. The highest BCUT2D eigenvalue weighted by Crippen LogP contribution is 2.39. The normalized spacial score (nSPS) is 15.4. The summed E-state index contributed by atoms with van der Waals surface area (Å²) in [6.45, 7) is 11.4. The van der Waals surface area contributed by atoms with Crippen molar-refractivity contribution in [2.75, 3.05) is 40.5 Å². The summed E-state index contributed by atoms with van der Waals surface area (Å²) in [7, 11) is 3.32. The highest BCUT2D eigenvalue weighted by atomic mass is 16.5. The molecule has 4 rings (SSSR count). The monoisotopic (exact) mass is 546 g/mol. The fraction of sp³-hybridized carbons (Fsp3) is 0.438. The van der Waals surface area contributed by atoms with Gasteiger partial charge in [0.1, 0.15) is 18.2 Å². The molecule has 0 saturated carbocycles. The number of aromatic nitrogens is 2. The topological polar surface area (TPSA) is 79.9 Å². The highest BCUT2D eigenvalue weighted by Gasteiger charge is 2.31. The average Bonchev–Trinajstić information content (AvgIpc) is 3.45. The summed E-state index contributed by atoms with van der Waals surface area (Å²) in [6.07, 6.45) is 5.93. The number of amides is 1. The van der Waals surface area contributed by atoms with Gasteiger partial charge in [-0.1, -0.05) is 25.1 Å². The molecule has 2 aromatic carbocycles. The molecule has 3 aromatic rings. The minimum atomic E-state index is -0.0702. The van der Waals surface area contributed by atoms with E-state index in [1.165, 1.54) is 5.56 Å². The van der Waals surface area contributed by atoms with Gasteiger partial charge in [-0.05, 0) is 74.6 Å². The number of H-pyrrole nitrogens is 1. The van der Waals surface area contributed by atoms with Crippen molar-refractivity contribution in [3.63, 3.8) is 0 Å². The molecule has 1 aromatic heterocycles. The number of carbonyl (C=O) groups excluding carboxylic acids is 1. The van der Waals surface area contributed by atoms with Gasteiger partial charge in [0.15, 0.2) is 11.5 Å². The highest BCUT2D eigenvalue weighted by molar-refractivity contribution is 5.96. The van der Waals surface area contributed by atoms with Crippen LogP contribution >= 0.6 is 0 Å². The number of hydrogen-bond acceptors (Lipinski definition) is 6. The van der Waals surface area contributed by atoms with Crippen molar-refractivity contribution in [3.05, 3.63) is 76.9 Å². The van der Waals surface area contributed by atoms with E-state index in [2.05, 4.69) is 46.9 Å². The van der Waals surface area contributed by atoms with Crippen LogP contribution in [0.2, 0.25) is 0 Å². The van der Waals surface area contributed by atoms with Gasteiger partial charge >= 0.3 is 0 Å². The first kappa shape index (κ1) is 29.2. The van der Waals surface area contributed by atoms with Crippen LogP contribution in [-0.2, 0) is 13.0 Å². The third kappa shape index (κ3) is 6.33. The lowest BCUT2D eigenvalue weighted by atomic mass is 9.92. The minimum absolute atomic E-state index is 0.0200. The van der Waals surface area contributed by atoms with Crippen LogP contribution in [0.3, 0.4) is 0 Å². The zero-order valence-electron chi connectivity index (χ0n) is 24.6. The lowest BCUT2D eigenvalue weighted by Gasteiger charge is -2.37. The smallest absolute Gasteiger partial charge is 0.257 e. The van der Waals surface area contributed by atoms with Crippen LogP contribution in [-0.4, -0.2) is 66.1 Å². The SMILES string of the molecule is CC/C=C(\C)c1ncc(CN2CCc3cc(OC)c(OC)cc3C2COc2ccccc2C(=O)N(CC)CC)[nH]1. The summed E-state index contributed by atoms with van der Waals surface area (Å²) < 4.78 is 17.7. The molecule has 0 aliphatic carbocycles. The van der Waals surface area contributed by atoms with E-state index in [0.29, 0.717) is 43.3 Å². The molecule has 8 nitrogen and oxygen atoms in total. The molecule has 0 fully saturated rings. The van der Waals surface area contributed by atoms with Gasteiger partial charge in [-0.25, -0.2) is 4.98 Å². The number of nitrogens with one attached hydrogen (secondary N) is 1. The standard InChI is InChI=1S/C32H42N4O4/c1-7-12-22(4)31-33-19-24(34-31)20-36-16-15-23-17-29(38-5)30(39-6)18-26(23)27(36)21-40-28-14-11-10-13-25(28)32(37)35(8-2)9-3/h10-14,17-19,27H,7-9,15-16,20-21H2,1-6H3,(H,33,34)/b22-12+. The molecule has 0 spiro atoms. The fourth-order valence-corrected chi connectivity index (χ4v) is 5.35. The fourth-order valence-electron chi connectivity index (χ4n) is 5.35. The van der Waals surface area contributed by atoms with E-state index >= 15 is 0 Å². The molecule has 0 radical (unpaired) electrons. The van der Waals surface area contributed by atoms with E-state index in [0.717, 1.165) is 47.8 Å². The van der Waals surface area contributed by atoms with Gasteiger partial charge in [-0.3, -0.25) is 9.69 Å². The molecule has 1 aliphatic heterocycles. The van der Waals surface area contributed by atoms with Crippen LogP contribution in [0, 0.1) is 0 Å². The number of nitrogens with zero attached hydrogens (tertiary/aromatic N) is 3. The average molecular weight is 547 g/mol. The molecule has 8 heteroatoms. The van der Waals surface area contributed by atoms with Gasteiger partial charge in [-0.2, -0.15) is 0 Å². The van der Waals surface area contributed by atoms with E-state index in [1.54, 1.807) is 14.2 Å². The molecular formula is C32H42N4O4. The predicted molar refractivity (Wildman–Crippen MR) is 158 cm³/mol. The van der Waals surface area contributed by atoms with Crippen LogP contribution in [0.25, 0.3) is 5.57 Å². The molecule has 1 N–H and O–H groups in total. The van der Waals surface area contributed by atoms with Gasteiger partial charge in [-0.15, -0.1) is 0 Å². The Morgan fingerprint density at radius 3 is 2.52 bits per heavy atom. The number of carbonyl (C=O) groups is 1. The van der Waals surface area contributed by atoms with E-state index in [9.17, 15) is 4.79 Å². The zero-order chi connectivity index (χ0) is 28.6. The Hall–Kier alpha value is -3.78. The second-order valence-electron chi connectivity index (χ2n) is 9.98. The van der Waals surface area contributed by atoms with Crippen LogP contribution in [0.1, 0.15) is 73.2 Å². The molecule has 40 heavy (non-hydrogen) atoms. The van der Waals surface area contributed by atoms with Crippen molar-refractivity contribution in [1.82, 2.24) is 19.8 Å². The maximum absolute atomic E-state index is 13.2. The van der Waals surface area contributed by atoms with Crippen molar-refractivity contribution >= 4 is 11.5 Å². The molecule has 214 valence electrons. The number of aromatic amines is 1. The van der Waals surface area contributed by atoms with Crippen molar-refractivity contribution in [3.8, 4) is 17.2 Å². The Labute approximate surface area is 238 Å². The summed E-state index contributed by atoms with van der Waals surface area (Å²) in [6, 6.07) is 11.6. The van der Waals surface area contributed by atoms with Gasteiger partial charge in [0.25, 0.3) is 5.91 Å². The Morgan fingerprint density at radius 2 is 1.82 bits per heavy atom. The molecular weight excluding hydrogens is 504 g/mol. The minimum Gasteiger partial charge on any atom is -0.493 e. The predicted octanol–water partition coefficient (Wildman–Crippen LogP) is 5.90. The maximum atomic E-state index is 13.2. The lowest BCUT2D eigenvalue weighted by Crippen LogP contribution is -2.38. The number of fused-ring (bicyclic) bond motifs is 1. The van der Waals surface area contributed by atoms with Gasteiger partial charge in [0.05, 0.1) is 25.8 Å². The summed E-state index contributed by atoms with van der Waals surface area (Å²) in [4.78, 5) is 25.6. The van der Waals surface area contributed by atoms with E-state index in [-0.39, 0.29) is 11.9 Å². The van der Waals surface area contributed by atoms with Crippen LogP contribution in [0.15, 0.2) is 48.7 Å². The van der Waals surface area contributed by atoms with Crippen molar-refractivity contribution in [2.45, 2.75) is 53.1 Å². The molecule has 1 unspecified atom stereocenters. The Kier molecular flexibility index (Phi) is 9.88. The molecule has 0 saturated heterocycles. The zero-order valence-corrected chi connectivity index (χ0v) is 24.6. The number of para-hydroxylation sites is 1. The van der Waals surface area contributed by atoms with E-state index in [1.807, 2.05) is 49.2 Å². The van der Waals surface area contributed by atoms with E-state index < -0.39 is 0 Å². The van der Waals surface area contributed by atoms with Crippen LogP contribution in [0.4, 0.5) is 0 Å². The molecule has 1 amide bonds. The summed E-state index contributed by atoms with van der Waals surface area (Å²) in [5, 5.41) is 0. The second-order valence-corrected chi connectivity index (χ2v) is 9.98. The van der Waals surface area contributed by atoms with Gasteiger partial charge in [0, 0.05) is 38.1 Å². The third-order valence-corrected chi connectivity index (χ3v) is 7.56. The first-order valence-electron chi connectivity index (χ1n) is 14.1. The second kappa shape index (κ2) is 13.5. The largest absolute Gasteiger partial charge is 0.493 e. The summed E-state index contributed by atoms with van der Waals surface area (Å²) in [5.41, 5.74) is 5.12. The van der Waals surface area contributed by atoms with Gasteiger partial charge in [0.2, 0.25) is 0 Å². The van der Waals surface area contributed by atoms with Crippen molar-refractivity contribution in [2.24, 2.45) is 0 Å². The number of benzene rings is 2. The maximum Gasteiger partial charge on any atom is 0.257 e. The molecule has 0 bridgehead atoms. The Morgan fingerprint density at radius 1 is 1.10 bits per heavy atom. The van der Waals surface area contributed by atoms with E-state index in [4.69, 9.17) is 14.2 Å². The quantitative estimate of drug-likeness (QED) is 0.305. The first-order valence-corrected chi connectivity index (χ1v) is 14.1. The Bertz CT molecular complexity index is 1330. The molecule has 1 atom stereocenters. The Balaban J connectivity index is 1.66. The first-order chi connectivity index (χ1) is 19.4. The molecule has 2 heterocycles. The number of imidazole rings is 1. The summed E-state index contributed by atoms with van der Waals surface area (Å²) in [5.74, 6) is 2.89. The number of rotatable bonds is 12. The van der Waals surface area contributed by atoms with Crippen LogP contribution < -0.4 is 14.2 Å². The number of methoxy groups -OCH3 is 2. The number of ether oxygens (including phenoxy) is 3. The lowest BCUT2D eigenvalue weighted by molar-refractivity contribution is 0.0762. The summed E-state index contributed by atoms with van der Waals surface area (Å²) >= 11 is 0. The van der Waals surface area contributed by atoms with Gasteiger partial charge < -0.3 is 24.1 Å².